The van der Waals surface area contributed by atoms with Crippen LogP contribution in [-0.4, -0.2) is 55.1 Å². The summed E-state index contributed by atoms with van der Waals surface area (Å²) in [6, 6.07) is 9.08. The number of carbonyl (C=O) groups is 1. The van der Waals surface area contributed by atoms with Crippen molar-refractivity contribution in [3.05, 3.63) is 41.7 Å². The molecule has 0 unspecified atom stereocenters. The molecular weight excluding hydrogens is 306 g/mol. The van der Waals surface area contributed by atoms with Crippen molar-refractivity contribution in [2.75, 3.05) is 39.6 Å². The summed E-state index contributed by atoms with van der Waals surface area (Å²) in [5.41, 5.74) is 1.89. The van der Waals surface area contributed by atoms with Gasteiger partial charge in [-0.25, -0.2) is 9.97 Å². The van der Waals surface area contributed by atoms with Crippen molar-refractivity contribution in [3.8, 4) is 5.75 Å². The summed E-state index contributed by atoms with van der Waals surface area (Å²) in [4.78, 5) is 22.8. The number of hydrogen-bond donors (Lipinski definition) is 2. The van der Waals surface area contributed by atoms with E-state index in [-0.39, 0.29) is 5.91 Å². The van der Waals surface area contributed by atoms with Gasteiger partial charge >= 0.3 is 0 Å². The zero-order valence-corrected chi connectivity index (χ0v) is 14.5. The molecule has 0 aliphatic carbocycles. The van der Waals surface area contributed by atoms with Crippen molar-refractivity contribution >= 4 is 17.5 Å². The minimum absolute atomic E-state index is 0.208. The molecule has 7 nitrogen and oxygen atoms in total. The average Bonchev–Trinajstić information content (AvgIpc) is 2.54. The highest BCUT2D eigenvalue weighted by Gasteiger charge is 2.10. The largest absolute Gasteiger partial charge is 0.497 e. The third-order valence-electron chi connectivity index (χ3n) is 3.28. The molecule has 1 amide bonds. The standard InChI is InChI=1S/C17H23N5O2/c1-12-11-15(16(23)18-9-10-22(2)3)21-17(19-12)20-13-5-7-14(24-4)8-6-13/h5-8,11H,9-10H2,1-4H3,(H,18,23)(H,19,20,21). The van der Waals surface area contributed by atoms with Gasteiger partial charge in [0, 0.05) is 24.5 Å². The van der Waals surface area contributed by atoms with Crippen LogP contribution in [0.4, 0.5) is 11.6 Å². The Kier molecular flexibility index (Phi) is 6.08. The number of nitrogens with one attached hydrogen (secondary N) is 2. The fraction of sp³-hybridized carbons (Fsp3) is 0.353. The quantitative estimate of drug-likeness (QED) is 0.807. The SMILES string of the molecule is COc1ccc(Nc2nc(C)cc(C(=O)NCCN(C)C)n2)cc1. The lowest BCUT2D eigenvalue weighted by Crippen LogP contribution is -2.32. The molecule has 0 spiro atoms. The molecule has 0 aliphatic heterocycles. The number of aryl methyl sites for hydroxylation is 1. The molecule has 2 N–H and O–H groups in total. The van der Waals surface area contributed by atoms with Crippen molar-refractivity contribution in [1.82, 2.24) is 20.2 Å². The number of nitrogens with zero attached hydrogens (tertiary/aromatic N) is 3. The Hall–Kier alpha value is -2.67. The molecule has 0 bridgehead atoms. The van der Waals surface area contributed by atoms with E-state index in [1.54, 1.807) is 13.2 Å². The normalized spacial score (nSPS) is 10.5. The summed E-state index contributed by atoms with van der Waals surface area (Å²) in [7, 11) is 5.53. The molecule has 1 aromatic heterocycles. The minimum atomic E-state index is -0.208. The molecule has 0 saturated heterocycles. The molecule has 1 heterocycles. The van der Waals surface area contributed by atoms with Crippen molar-refractivity contribution in [3.63, 3.8) is 0 Å². The second kappa shape index (κ2) is 8.26. The van der Waals surface area contributed by atoms with Crippen molar-refractivity contribution < 1.29 is 9.53 Å². The van der Waals surface area contributed by atoms with Crippen LogP contribution < -0.4 is 15.4 Å². The Morgan fingerprint density at radius 2 is 1.92 bits per heavy atom. The van der Waals surface area contributed by atoms with E-state index in [2.05, 4.69) is 20.6 Å². The van der Waals surface area contributed by atoms with E-state index in [1.165, 1.54) is 0 Å². The second-order valence-electron chi connectivity index (χ2n) is 5.63. The molecule has 2 rings (SSSR count). The predicted molar refractivity (Wildman–Crippen MR) is 93.9 cm³/mol. The van der Waals surface area contributed by atoms with Gasteiger partial charge in [-0.1, -0.05) is 0 Å². The maximum atomic E-state index is 12.2. The average molecular weight is 329 g/mol. The summed E-state index contributed by atoms with van der Waals surface area (Å²) in [6.07, 6.45) is 0. The van der Waals surface area contributed by atoms with Gasteiger partial charge in [0.1, 0.15) is 11.4 Å². The summed E-state index contributed by atoms with van der Waals surface area (Å²) in [6.45, 7) is 3.17. The van der Waals surface area contributed by atoms with E-state index in [0.717, 1.165) is 23.7 Å². The molecular formula is C17H23N5O2. The van der Waals surface area contributed by atoms with Crippen LogP contribution in [0.1, 0.15) is 16.2 Å². The molecule has 0 saturated carbocycles. The molecule has 24 heavy (non-hydrogen) atoms. The fourth-order valence-corrected chi connectivity index (χ4v) is 2.03. The number of likely N-dealkylation sites (N-methyl/N-ethyl adjacent to an activating group) is 1. The molecule has 0 fully saturated rings. The van der Waals surface area contributed by atoms with Crippen molar-refractivity contribution in [1.29, 1.82) is 0 Å². The number of carbonyl (C=O) groups excluding carboxylic acids is 1. The highest BCUT2D eigenvalue weighted by Crippen LogP contribution is 2.18. The van der Waals surface area contributed by atoms with Crippen molar-refractivity contribution in [2.45, 2.75) is 6.92 Å². The van der Waals surface area contributed by atoms with Gasteiger partial charge in [-0.15, -0.1) is 0 Å². The lowest BCUT2D eigenvalue weighted by atomic mass is 10.3. The zero-order valence-electron chi connectivity index (χ0n) is 14.5. The Labute approximate surface area is 142 Å². The Morgan fingerprint density at radius 3 is 2.54 bits per heavy atom. The van der Waals surface area contributed by atoms with Gasteiger partial charge in [-0.05, 0) is 51.4 Å². The van der Waals surface area contributed by atoms with E-state index < -0.39 is 0 Å². The van der Waals surface area contributed by atoms with Crippen LogP contribution in [0, 0.1) is 6.92 Å². The van der Waals surface area contributed by atoms with E-state index in [1.807, 2.05) is 50.2 Å². The van der Waals surface area contributed by atoms with Gasteiger partial charge in [0.15, 0.2) is 0 Å². The monoisotopic (exact) mass is 329 g/mol. The molecule has 0 radical (unpaired) electrons. The van der Waals surface area contributed by atoms with Gasteiger partial charge in [-0.3, -0.25) is 4.79 Å². The Morgan fingerprint density at radius 1 is 1.21 bits per heavy atom. The third kappa shape index (κ3) is 5.20. The van der Waals surface area contributed by atoms with Crippen LogP contribution in [0.5, 0.6) is 5.75 Å². The molecule has 7 heteroatoms. The van der Waals surface area contributed by atoms with E-state index in [4.69, 9.17) is 4.74 Å². The van der Waals surface area contributed by atoms with Gasteiger partial charge in [0.05, 0.1) is 7.11 Å². The topological polar surface area (TPSA) is 79.4 Å². The number of ether oxygens (including phenoxy) is 1. The van der Waals surface area contributed by atoms with Crippen LogP contribution in [0.3, 0.4) is 0 Å². The van der Waals surface area contributed by atoms with Crippen molar-refractivity contribution in [2.24, 2.45) is 0 Å². The van der Waals surface area contributed by atoms with E-state index >= 15 is 0 Å². The maximum absolute atomic E-state index is 12.2. The van der Waals surface area contributed by atoms with Gasteiger partial charge in [0.2, 0.25) is 5.95 Å². The third-order valence-corrected chi connectivity index (χ3v) is 3.28. The van der Waals surface area contributed by atoms with E-state index in [0.29, 0.717) is 18.2 Å². The first kappa shape index (κ1) is 17.7. The summed E-state index contributed by atoms with van der Waals surface area (Å²) >= 11 is 0. The van der Waals surface area contributed by atoms with Crippen LogP contribution >= 0.6 is 0 Å². The molecule has 2 aromatic rings. The van der Waals surface area contributed by atoms with Gasteiger partial charge in [0.25, 0.3) is 5.91 Å². The van der Waals surface area contributed by atoms with Crippen LogP contribution in [0.25, 0.3) is 0 Å². The summed E-state index contributed by atoms with van der Waals surface area (Å²) < 4.78 is 5.13. The number of anilines is 2. The Bertz CT molecular complexity index is 686. The molecule has 0 aliphatic rings. The minimum Gasteiger partial charge on any atom is -0.497 e. The number of amides is 1. The smallest absolute Gasteiger partial charge is 0.270 e. The zero-order chi connectivity index (χ0) is 17.5. The lowest BCUT2D eigenvalue weighted by Gasteiger charge is -2.11. The first-order chi connectivity index (χ1) is 11.5. The molecule has 1 aromatic carbocycles. The fourth-order valence-electron chi connectivity index (χ4n) is 2.03. The molecule has 0 atom stereocenters. The number of hydrogen-bond acceptors (Lipinski definition) is 6. The maximum Gasteiger partial charge on any atom is 0.270 e. The van der Waals surface area contributed by atoms with Gasteiger partial charge < -0.3 is 20.3 Å². The number of benzene rings is 1. The van der Waals surface area contributed by atoms with Crippen LogP contribution in [0.15, 0.2) is 30.3 Å². The summed E-state index contributed by atoms with van der Waals surface area (Å²) in [5.74, 6) is 0.949. The first-order valence-corrected chi connectivity index (χ1v) is 7.67. The highest BCUT2D eigenvalue weighted by molar-refractivity contribution is 5.92. The lowest BCUT2D eigenvalue weighted by molar-refractivity contribution is 0.0946. The molecule has 128 valence electrons. The van der Waals surface area contributed by atoms with Crippen LogP contribution in [-0.2, 0) is 0 Å². The second-order valence-corrected chi connectivity index (χ2v) is 5.63. The van der Waals surface area contributed by atoms with E-state index in [9.17, 15) is 4.79 Å². The number of methoxy groups -OCH3 is 1. The number of aromatic nitrogens is 2. The van der Waals surface area contributed by atoms with Gasteiger partial charge in [-0.2, -0.15) is 0 Å². The van der Waals surface area contributed by atoms with Crippen LogP contribution in [0.2, 0.25) is 0 Å². The Balaban J connectivity index is 2.08. The summed E-state index contributed by atoms with van der Waals surface area (Å²) in [5, 5.41) is 5.95. The highest BCUT2D eigenvalue weighted by atomic mass is 16.5. The number of rotatable bonds is 7. The predicted octanol–water partition coefficient (Wildman–Crippen LogP) is 1.83. The first-order valence-electron chi connectivity index (χ1n) is 7.67.